The molecular formula is C23H25NO7. The van der Waals surface area contributed by atoms with Crippen molar-refractivity contribution in [2.75, 3.05) is 19.1 Å². The largest absolute Gasteiger partial charge is 0.495 e. The molecular weight excluding hydrogens is 402 g/mol. The Hall–Kier alpha value is -3.55. The normalized spacial score (nSPS) is 12.6. The molecule has 0 saturated heterocycles. The first-order valence-electron chi connectivity index (χ1n) is 9.83. The molecule has 1 aliphatic rings. The zero-order valence-corrected chi connectivity index (χ0v) is 18.1. The predicted octanol–water partition coefficient (Wildman–Crippen LogP) is 4.81. The Kier molecular flexibility index (Phi) is 6.19. The van der Waals surface area contributed by atoms with E-state index in [1.54, 1.807) is 18.2 Å². The summed E-state index contributed by atoms with van der Waals surface area (Å²) in [5, 5.41) is 9.47. The number of aryl methyl sites for hydroxylation is 1. The highest BCUT2D eigenvalue weighted by atomic mass is 16.5. The van der Waals surface area contributed by atoms with Crippen LogP contribution in [0.5, 0.6) is 17.2 Å². The molecule has 8 heteroatoms. The number of cyclic esters (lactones) is 1. The number of ether oxygens (including phenoxy) is 3. The molecule has 164 valence electrons. The van der Waals surface area contributed by atoms with E-state index in [-0.39, 0.29) is 46.7 Å². The van der Waals surface area contributed by atoms with Crippen LogP contribution in [0.2, 0.25) is 0 Å². The summed E-state index contributed by atoms with van der Waals surface area (Å²) in [4.78, 5) is 38.2. The minimum Gasteiger partial charge on any atom is -0.495 e. The van der Waals surface area contributed by atoms with Crippen LogP contribution >= 0.6 is 0 Å². The van der Waals surface area contributed by atoms with Gasteiger partial charge in [0, 0.05) is 19.0 Å². The van der Waals surface area contributed by atoms with E-state index in [4.69, 9.17) is 14.2 Å². The first-order chi connectivity index (χ1) is 14.6. The number of methoxy groups -OCH3 is 1. The van der Waals surface area contributed by atoms with E-state index in [2.05, 4.69) is 0 Å². The summed E-state index contributed by atoms with van der Waals surface area (Å²) in [6.45, 7) is 5.54. The smallest absolute Gasteiger partial charge is 0.411 e. The summed E-state index contributed by atoms with van der Waals surface area (Å²) < 4.78 is 17.0. The molecule has 1 N–H and O–H groups in total. The minimum atomic E-state index is -1.16. The maximum absolute atomic E-state index is 12.9. The van der Waals surface area contributed by atoms with Crippen LogP contribution in [0.25, 0.3) is 0 Å². The van der Waals surface area contributed by atoms with E-state index in [0.717, 1.165) is 10.5 Å². The number of carbonyl (C=O) groups excluding carboxylic acids is 2. The fraction of sp³-hybridized carbons (Fsp3) is 0.348. The summed E-state index contributed by atoms with van der Waals surface area (Å²) in [6.07, 6.45) is -0.872. The molecule has 1 amide bonds. The fourth-order valence-corrected chi connectivity index (χ4v) is 3.49. The van der Waals surface area contributed by atoms with Crippen LogP contribution < -0.4 is 14.4 Å². The van der Waals surface area contributed by atoms with Crippen molar-refractivity contribution in [1.82, 2.24) is 0 Å². The third kappa shape index (κ3) is 4.33. The van der Waals surface area contributed by atoms with E-state index in [0.29, 0.717) is 17.7 Å². The Balaban J connectivity index is 2.19. The number of rotatable bonds is 5. The van der Waals surface area contributed by atoms with Crippen molar-refractivity contribution in [2.45, 2.75) is 33.8 Å². The number of hydrogen-bond donors (Lipinski definition) is 1. The van der Waals surface area contributed by atoms with Gasteiger partial charge in [-0.05, 0) is 42.7 Å². The molecule has 1 aliphatic heterocycles. The number of esters is 1. The third-order valence-corrected chi connectivity index (χ3v) is 4.93. The standard InChI is InChI=1S/C23H25NO7/c1-12(2)8-17(25)15-6-7-18-19(21(15)29-5)22(26)30-11-14-9-13(3)10-16(20(14)31-18)24(4)23(27)28/h6-7,9-10,12H,8,11H2,1-5H3,(H,27,28). The Morgan fingerprint density at radius 2 is 1.97 bits per heavy atom. The molecule has 0 unspecified atom stereocenters. The lowest BCUT2D eigenvalue weighted by molar-refractivity contribution is 0.0455. The zero-order chi connectivity index (χ0) is 22.9. The number of carbonyl (C=O) groups is 3. The maximum Gasteiger partial charge on any atom is 0.411 e. The second-order valence-corrected chi connectivity index (χ2v) is 7.83. The lowest BCUT2D eigenvalue weighted by atomic mass is 9.97. The second-order valence-electron chi connectivity index (χ2n) is 7.83. The first kappa shape index (κ1) is 22.1. The summed E-state index contributed by atoms with van der Waals surface area (Å²) in [6, 6.07) is 6.50. The van der Waals surface area contributed by atoms with Crippen LogP contribution in [0, 0.1) is 12.8 Å². The average molecular weight is 427 g/mol. The molecule has 0 radical (unpaired) electrons. The van der Waals surface area contributed by atoms with Crippen LogP contribution in [0.15, 0.2) is 24.3 Å². The topological polar surface area (TPSA) is 102 Å². The van der Waals surface area contributed by atoms with Crippen molar-refractivity contribution < 1.29 is 33.7 Å². The SMILES string of the molecule is COc1c(C(=O)CC(C)C)ccc2c1C(=O)OCc1cc(C)cc(N(C)C(=O)O)c1O2. The first-order valence-corrected chi connectivity index (χ1v) is 9.83. The predicted molar refractivity (Wildman–Crippen MR) is 114 cm³/mol. The number of anilines is 1. The van der Waals surface area contributed by atoms with Gasteiger partial charge in [0.15, 0.2) is 11.5 Å². The molecule has 8 nitrogen and oxygen atoms in total. The molecule has 1 heterocycles. The number of fused-ring (bicyclic) bond motifs is 2. The van der Waals surface area contributed by atoms with E-state index in [1.165, 1.54) is 20.2 Å². The van der Waals surface area contributed by atoms with E-state index < -0.39 is 12.1 Å². The van der Waals surface area contributed by atoms with Crippen molar-refractivity contribution >= 4 is 23.5 Å². The molecule has 0 atom stereocenters. The van der Waals surface area contributed by atoms with Gasteiger partial charge in [-0.15, -0.1) is 0 Å². The number of ketones is 1. The maximum atomic E-state index is 12.9. The van der Waals surface area contributed by atoms with Crippen molar-refractivity contribution in [3.8, 4) is 17.2 Å². The summed E-state index contributed by atoms with van der Waals surface area (Å²) in [5.74, 6) is -0.262. The Morgan fingerprint density at radius 1 is 1.26 bits per heavy atom. The molecule has 3 rings (SSSR count). The van der Waals surface area contributed by atoms with Crippen LogP contribution in [0.4, 0.5) is 10.5 Å². The van der Waals surface area contributed by atoms with E-state index >= 15 is 0 Å². The van der Waals surface area contributed by atoms with Crippen LogP contribution in [0.3, 0.4) is 0 Å². The van der Waals surface area contributed by atoms with Crippen LogP contribution in [-0.2, 0) is 11.3 Å². The molecule has 0 fully saturated rings. The van der Waals surface area contributed by atoms with Gasteiger partial charge in [-0.2, -0.15) is 0 Å². The number of amides is 1. The molecule has 0 aromatic heterocycles. The lowest BCUT2D eigenvalue weighted by Gasteiger charge is -2.25. The van der Waals surface area contributed by atoms with E-state index in [9.17, 15) is 19.5 Å². The highest BCUT2D eigenvalue weighted by molar-refractivity contribution is 6.05. The monoisotopic (exact) mass is 427 g/mol. The number of Topliss-reactive ketones (excluding diaryl/α,β-unsaturated/α-hetero) is 1. The Morgan fingerprint density at radius 3 is 2.58 bits per heavy atom. The number of nitrogens with zero attached hydrogens (tertiary/aromatic N) is 1. The number of hydrogen-bond acceptors (Lipinski definition) is 6. The Bertz CT molecular complexity index is 1060. The Labute approximate surface area is 180 Å². The number of carboxylic acid groups (broad SMARTS) is 1. The van der Waals surface area contributed by atoms with Gasteiger partial charge in [0.2, 0.25) is 0 Å². The highest BCUT2D eigenvalue weighted by Crippen LogP contribution is 2.43. The zero-order valence-electron chi connectivity index (χ0n) is 18.1. The van der Waals surface area contributed by atoms with Crippen molar-refractivity contribution in [2.24, 2.45) is 5.92 Å². The quantitative estimate of drug-likeness (QED) is 0.540. The molecule has 2 aromatic carbocycles. The summed E-state index contributed by atoms with van der Waals surface area (Å²) in [7, 11) is 2.77. The summed E-state index contributed by atoms with van der Waals surface area (Å²) in [5.41, 5.74) is 1.89. The third-order valence-electron chi connectivity index (χ3n) is 4.93. The molecule has 0 saturated carbocycles. The minimum absolute atomic E-state index is 0.00717. The molecule has 0 bridgehead atoms. The van der Waals surface area contributed by atoms with Crippen LogP contribution in [-0.4, -0.2) is 37.1 Å². The summed E-state index contributed by atoms with van der Waals surface area (Å²) >= 11 is 0. The van der Waals surface area contributed by atoms with Gasteiger partial charge >= 0.3 is 12.1 Å². The van der Waals surface area contributed by atoms with Crippen molar-refractivity contribution in [3.05, 3.63) is 46.5 Å². The van der Waals surface area contributed by atoms with Crippen molar-refractivity contribution in [1.29, 1.82) is 0 Å². The number of benzene rings is 2. The van der Waals surface area contributed by atoms with Gasteiger partial charge in [-0.3, -0.25) is 9.69 Å². The van der Waals surface area contributed by atoms with Gasteiger partial charge in [0.1, 0.15) is 23.7 Å². The average Bonchev–Trinajstić information content (AvgIpc) is 2.70. The second kappa shape index (κ2) is 8.67. The van der Waals surface area contributed by atoms with Gasteiger partial charge < -0.3 is 19.3 Å². The molecule has 0 spiro atoms. The van der Waals surface area contributed by atoms with Crippen LogP contribution in [0.1, 0.15) is 52.1 Å². The van der Waals surface area contributed by atoms with E-state index in [1.807, 2.05) is 20.8 Å². The highest BCUT2D eigenvalue weighted by Gasteiger charge is 2.30. The van der Waals surface area contributed by atoms with Gasteiger partial charge in [-0.1, -0.05) is 13.8 Å². The molecule has 31 heavy (non-hydrogen) atoms. The fourth-order valence-electron chi connectivity index (χ4n) is 3.49. The van der Waals surface area contributed by atoms with Crippen molar-refractivity contribution in [3.63, 3.8) is 0 Å². The lowest BCUT2D eigenvalue weighted by Crippen LogP contribution is -2.25. The molecule has 2 aromatic rings. The molecule has 0 aliphatic carbocycles. The van der Waals surface area contributed by atoms with Gasteiger partial charge in [0.25, 0.3) is 0 Å². The van der Waals surface area contributed by atoms with Gasteiger partial charge in [0.05, 0.1) is 18.4 Å². The van der Waals surface area contributed by atoms with Gasteiger partial charge in [-0.25, -0.2) is 9.59 Å².